The second-order valence-corrected chi connectivity index (χ2v) is 5.57. The fraction of sp³-hybridized carbons (Fsp3) is 0.500. The zero-order valence-electron chi connectivity index (χ0n) is 12.8. The molecule has 1 N–H and O–H groups in total. The zero-order chi connectivity index (χ0) is 15.4. The highest BCUT2D eigenvalue weighted by atomic mass is 16.5. The molecule has 1 aliphatic rings. The van der Waals surface area contributed by atoms with E-state index in [1.807, 2.05) is 43.0 Å². The molecule has 114 valence electrons. The molecular formula is C16H22N2O3. The second kappa shape index (κ2) is 6.72. The van der Waals surface area contributed by atoms with Crippen molar-refractivity contribution >= 4 is 11.8 Å². The van der Waals surface area contributed by atoms with Gasteiger partial charge in [-0.3, -0.25) is 9.59 Å². The van der Waals surface area contributed by atoms with E-state index in [1.54, 1.807) is 0 Å². The molecule has 0 radical (unpaired) electrons. The number of hydrogen-bond donors (Lipinski definition) is 1. The van der Waals surface area contributed by atoms with E-state index in [1.165, 1.54) is 6.92 Å². The van der Waals surface area contributed by atoms with Crippen LogP contribution in [0.1, 0.15) is 36.7 Å². The van der Waals surface area contributed by atoms with Crippen LogP contribution in [0, 0.1) is 0 Å². The Balaban J connectivity index is 2.00. The van der Waals surface area contributed by atoms with Crippen LogP contribution in [0.3, 0.4) is 0 Å². The second-order valence-electron chi connectivity index (χ2n) is 5.57. The van der Waals surface area contributed by atoms with Crippen molar-refractivity contribution < 1.29 is 14.3 Å². The van der Waals surface area contributed by atoms with Crippen LogP contribution in [0.5, 0.6) is 0 Å². The number of nitrogens with zero attached hydrogens (tertiary/aromatic N) is 1. The molecule has 0 aliphatic carbocycles. The number of carbonyl (C=O) groups is 2. The Morgan fingerprint density at radius 3 is 2.29 bits per heavy atom. The Kier molecular flexibility index (Phi) is 4.96. The molecule has 0 spiro atoms. The first-order valence-electron chi connectivity index (χ1n) is 7.24. The number of hydrogen-bond acceptors (Lipinski definition) is 3. The molecule has 1 fully saturated rings. The molecule has 5 heteroatoms. The Bertz CT molecular complexity index is 503. The topological polar surface area (TPSA) is 58.6 Å². The van der Waals surface area contributed by atoms with Gasteiger partial charge in [0.1, 0.15) is 0 Å². The summed E-state index contributed by atoms with van der Waals surface area (Å²) >= 11 is 0. The predicted molar refractivity (Wildman–Crippen MR) is 79.9 cm³/mol. The summed E-state index contributed by atoms with van der Waals surface area (Å²) in [7, 11) is 0. The lowest BCUT2D eigenvalue weighted by Gasteiger charge is -2.35. The van der Waals surface area contributed by atoms with E-state index in [-0.39, 0.29) is 24.0 Å². The molecule has 1 aromatic rings. The first-order valence-corrected chi connectivity index (χ1v) is 7.24. The van der Waals surface area contributed by atoms with Crippen molar-refractivity contribution in [2.24, 2.45) is 0 Å². The summed E-state index contributed by atoms with van der Waals surface area (Å²) < 4.78 is 5.64. The molecule has 2 amide bonds. The molecular weight excluding hydrogens is 268 g/mol. The molecule has 1 heterocycles. The van der Waals surface area contributed by atoms with E-state index in [0.717, 1.165) is 5.56 Å². The van der Waals surface area contributed by atoms with Crippen LogP contribution >= 0.6 is 0 Å². The number of nitrogens with one attached hydrogen (secondary N) is 1. The summed E-state index contributed by atoms with van der Waals surface area (Å²) in [6.07, 6.45) is 0.133. The van der Waals surface area contributed by atoms with Crippen LogP contribution < -0.4 is 5.32 Å². The van der Waals surface area contributed by atoms with Gasteiger partial charge in [-0.2, -0.15) is 0 Å². The summed E-state index contributed by atoms with van der Waals surface area (Å²) in [5.74, 6) is -0.0329. The largest absolute Gasteiger partial charge is 0.372 e. The van der Waals surface area contributed by atoms with Crippen molar-refractivity contribution in [1.29, 1.82) is 0 Å². The fourth-order valence-corrected chi connectivity index (χ4v) is 2.52. The van der Waals surface area contributed by atoms with Crippen LogP contribution in [0.4, 0.5) is 0 Å². The van der Waals surface area contributed by atoms with Crippen LogP contribution in [-0.2, 0) is 16.1 Å². The normalized spacial score (nSPS) is 22.0. The highest BCUT2D eigenvalue weighted by molar-refractivity contribution is 5.94. The van der Waals surface area contributed by atoms with Gasteiger partial charge in [0, 0.05) is 32.1 Å². The first kappa shape index (κ1) is 15.5. The Morgan fingerprint density at radius 2 is 1.76 bits per heavy atom. The third kappa shape index (κ3) is 4.29. The lowest BCUT2D eigenvalue weighted by atomic mass is 10.1. The summed E-state index contributed by atoms with van der Waals surface area (Å²) in [5, 5.41) is 2.73. The van der Waals surface area contributed by atoms with E-state index in [4.69, 9.17) is 4.74 Å². The lowest BCUT2D eigenvalue weighted by Crippen LogP contribution is -2.48. The van der Waals surface area contributed by atoms with Gasteiger partial charge in [-0.25, -0.2) is 0 Å². The van der Waals surface area contributed by atoms with Gasteiger partial charge >= 0.3 is 0 Å². The number of carbonyl (C=O) groups excluding carboxylic acids is 2. The van der Waals surface area contributed by atoms with Crippen molar-refractivity contribution in [2.45, 2.75) is 39.5 Å². The van der Waals surface area contributed by atoms with E-state index in [2.05, 4.69) is 5.32 Å². The minimum Gasteiger partial charge on any atom is -0.372 e. The lowest BCUT2D eigenvalue weighted by molar-refractivity contribution is -0.119. The van der Waals surface area contributed by atoms with E-state index < -0.39 is 0 Å². The highest BCUT2D eigenvalue weighted by Gasteiger charge is 2.26. The van der Waals surface area contributed by atoms with Gasteiger partial charge < -0.3 is 15.0 Å². The summed E-state index contributed by atoms with van der Waals surface area (Å²) in [6.45, 7) is 7.17. The third-order valence-electron chi connectivity index (χ3n) is 3.45. The summed E-state index contributed by atoms with van der Waals surface area (Å²) in [6, 6.07) is 7.36. The maximum absolute atomic E-state index is 12.5. The Hall–Kier alpha value is -1.88. The van der Waals surface area contributed by atoms with Gasteiger partial charge in [-0.15, -0.1) is 0 Å². The quantitative estimate of drug-likeness (QED) is 0.919. The summed E-state index contributed by atoms with van der Waals surface area (Å²) in [5.41, 5.74) is 1.65. The maximum atomic E-state index is 12.5. The zero-order valence-corrected chi connectivity index (χ0v) is 12.8. The predicted octanol–water partition coefficient (Wildman–Crippen LogP) is 1.57. The molecule has 0 aromatic heterocycles. The molecule has 1 saturated heterocycles. The van der Waals surface area contributed by atoms with Crippen LogP contribution in [-0.4, -0.2) is 42.0 Å². The SMILES string of the molecule is CC(=O)NCc1ccc(C(=O)N2CC(C)OC(C)C2)cc1. The average molecular weight is 290 g/mol. The third-order valence-corrected chi connectivity index (χ3v) is 3.45. The van der Waals surface area contributed by atoms with Gasteiger partial charge in [0.2, 0.25) is 5.91 Å². The number of amides is 2. The monoisotopic (exact) mass is 290 g/mol. The van der Waals surface area contributed by atoms with E-state index in [0.29, 0.717) is 25.2 Å². The molecule has 0 saturated carbocycles. The van der Waals surface area contributed by atoms with Crippen molar-refractivity contribution in [3.8, 4) is 0 Å². The Morgan fingerprint density at radius 1 is 1.19 bits per heavy atom. The van der Waals surface area contributed by atoms with Gasteiger partial charge in [0.25, 0.3) is 5.91 Å². The van der Waals surface area contributed by atoms with Crippen LogP contribution in [0.15, 0.2) is 24.3 Å². The van der Waals surface area contributed by atoms with Crippen LogP contribution in [0.2, 0.25) is 0 Å². The number of rotatable bonds is 3. The maximum Gasteiger partial charge on any atom is 0.254 e. The van der Waals surface area contributed by atoms with Crippen molar-refractivity contribution in [3.05, 3.63) is 35.4 Å². The molecule has 2 atom stereocenters. The number of morpholine rings is 1. The first-order chi connectivity index (χ1) is 9.95. The number of benzene rings is 1. The minimum atomic E-state index is -0.0635. The van der Waals surface area contributed by atoms with Crippen molar-refractivity contribution in [2.75, 3.05) is 13.1 Å². The standard InChI is InChI=1S/C16H22N2O3/c1-11-9-18(10-12(2)21-11)16(20)15-6-4-14(5-7-15)8-17-13(3)19/h4-7,11-12H,8-10H2,1-3H3,(H,17,19). The number of ether oxygens (including phenoxy) is 1. The average Bonchev–Trinajstić information content (AvgIpc) is 2.44. The molecule has 5 nitrogen and oxygen atoms in total. The van der Waals surface area contributed by atoms with E-state index >= 15 is 0 Å². The van der Waals surface area contributed by atoms with Gasteiger partial charge in [0.05, 0.1) is 12.2 Å². The van der Waals surface area contributed by atoms with Gasteiger partial charge in [-0.1, -0.05) is 12.1 Å². The van der Waals surface area contributed by atoms with Crippen molar-refractivity contribution in [1.82, 2.24) is 10.2 Å². The molecule has 2 unspecified atom stereocenters. The van der Waals surface area contributed by atoms with Crippen LogP contribution in [0.25, 0.3) is 0 Å². The van der Waals surface area contributed by atoms with Crippen molar-refractivity contribution in [3.63, 3.8) is 0 Å². The Labute approximate surface area is 125 Å². The summed E-state index contributed by atoms with van der Waals surface area (Å²) in [4.78, 5) is 25.2. The highest BCUT2D eigenvalue weighted by Crippen LogP contribution is 2.15. The molecule has 1 aliphatic heterocycles. The molecule has 2 rings (SSSR count). The molecule has 21 heavy (non-hydrogen) atoms. The van der Waals surface area contributed by atoms with E-state index in [9.17, 15) is 9.59 Å². The molecule has 1 aromatic carbocycles. The van der Waals surface area contributed by atoms with Gasteiger partial charge in [0.15, 0.2) is 0 Å². The molecule has 0 bridgehead atoms. The fourth-order valence-electron chi connectivity index (χ4n) is 2.52. The minimum absolute atomic E-state index is 0.0306. The van der Waals surface area contributed by atoms with Gasteiger partial charge in [-0.05, 0) is 31.5 Å². The smallest absolute Gasteiger partial charge is 0.254 e.